The van der Waals surface area contributed by atoms with E-state index in [2.05, 4.69) is 130 Å². The van der Waals surface area contributed by atoms with Crippen LogP contribution in [-0.4, -0.2) is 134 Å². The molecule has 1 amide bonds. The number of ketones is 1. The number of piperazine rings is 1. The summed E-state index contributed by atoms with van der Waals surface area (Å²) >= 11 is 2.16. The van der Waals surface area contributed by atoms with E-state index in [1.54, 1.807) is 32.0 Å². The minimum atomic E-state index is -0.244. The van der Waals surface area contributed by atoms with Crippen molar-refractivity contribution in [2.24, 2.45) is 20.7 Å². The first kappa shape index (κ1) is 81.3. The van der Waals surface area contributed by atoms with E-state index >= 15 is 0 Å². The number of nitriles is 1. The summed E-state index contributed by atoms with van der Waals surface area (Å²) in [6.45, 7) is 23.4. The van der Waals surface area contributed by atoms with Crippen molar-refractivity contribution < 1.29 is 39.6 Å². The normalized spacial score (nSPS) is 19.6. The molecule has 5 heterocycles. The van der Waals surface area contributed by atoms with E-state index in [4.69, 9.17) is 10.8 Å². The van der Waals surface area contributed by atoms with Gasteiger partial charge in [0.15, 0.2) is 11.8 Å². The molecule has 3 saturated heterocycles. The van der Waals surface area contributed by atoms with Gasteiger partial charge in [0, 0.05) is 56.7 Å². The summed E-state index contributed by atoms with van der Waals surface area (Å²) in [6, 6.07) is 56.3. The number of carbonyl (C=O) groups is 4. The van der Waals surface area contributed by atoms with E-state index in [0.29, 0.717) is 58.3 Å². The lowest BCUT2D eigenvalue weighted by Gasteiger charge is -2.47. The predicted octanol–water partition coefficient (Wildman–Crippen LogP) is 16.6. The van der Waals surface area contributed by atoms with Gasteiger partial charge in [0.1, 0.15) is 28.6 Å². The van der Waals surface area contributed by atoms with Crippen LogP contribution in [0.2, 0.25) is 0 Å². The second kappa shape index (κ2) is 40.2. The topological polar surface area (TPSA) is 263 Å². The summed E-state index contributed by atoms with van der Waals surface area (Å²) in [6.07, 6.45) is 9.27. The average Bonchev–Trinajstić information content (AvgIpc) is 1.29. The quantitative estimate of drug-likeness (QED) is 0.0245. The van der Waals surface area contributed by atoms with Crippen LogP contribution in [0.25, 0.3) is 10.8 Å². The molecule has 7 aromatic carbocycles. The number of aliphatic imine (C=N–C) groups is 3. The first-order valence-electron chi connectivity index (χ1n) is 35.2. The smallest absolute Gasteiger partial charge is 0.276 e. The Labute approximate surface area is 621 Å². The Morgan fingerprint density at radius 1 is 0.670 bits per heavy atom. The van der Waals surface area contributed by atoms with Gasteiger partial charge >= 0.3 is 0 Å². The van der Waals surface area contributed by atoms with Gasteiger partial charge in [-0.25, -0.2) is 4.99 Å². The molecule has 6 aliphatic rings. The second-order valence-corrected chi connectivity index (χ2v) is 28.1. The number of hydrogen-bond donors (Lipinski definition) is 7. The number of nitrogens with one attached hydrogen (secondary N) is 2. The maximum atomic E-state index is 12.1. The van der Waals surface area contributed by atoms with Gasteiger partial charge in [-0.15, -0.1) is 12.4 Å². The number of aliphatic hydroxyl groups excluding tert-OH is 3. The van der Waals surface area contributed by atoms with Crippen molar-refractivity contribution in [3.05, 3.63) is 232 Å². The number of hydrogen-bond acceptors (Lipinski definition) is 17. The summed E-state index contributed by atoms with van der Waals surface area (Å²) in [5.41, 5.74) is 18.9. The third kappa shape index (κ3) is 21.8. The van der Waals surface area contributed by atoms with Crippen molar-refractivity contribution in [2.75, 3.05) is 63.9 Å². The van der Waals surface area contributed by atoms with Gasteiger partial charge < -0.3 is 36.8 Å². The Kier molecular flexibility index (Phi) is 31.7. The number of fused-ring (bicyclic) bond motifs is 1. The number of likely N-dealkylation sites (tertiary alicyclic amines) is 1. The Balaban J connectivity index is 0.000000173. The molecule has 20 heteroatoms. The number of para-hydroxylation sites is 5. The number of aromatic hydroxyl groups is 1. The molecule has 1 saturated carbocycles. The molecule has 13 rings (SSSR count). The van der Waals surface area contributed by atoms with Gasteiger partial charge in [-0.1, -0.05) is 176 Å². The number of thioether (sulfide) groups is 2. The summed E-state index contributed by atoms with van der Waals surface area (Å²) in [5.74, 6) is 0.719. The van der Waals surface area contributed by atoms with Crippen LogP contribution in [0.4, 0.5) is 22.7 Å². The monoisotopic (exact) mass is 1450 g/mol. The van der Waals surface area contributed by atoms with Gasteiger partial charge in [0.05, 0.1) is 87.6 Å². The lowest BCUT2D eigenvalue weighted by atomic mass is 9.74. The number of aliphatic hydroxyl groups is 3. The Morgan fingerprint density at radius 3 is 1.76 bits per heavy atom. The number of primary amides is 1. The highest BCUT2D eigenvalue weighted by Gasteiger charge is 2.46. The highest BCUT2D eigenvalue weighted by Crippen LogP contribution is 2.40. The number of aryl methyl sites for hydroxylation is 4. The van der Waals surface area contributed by atoms with Crippen LogP contribution in [0.5, 0.6) is 5.75 Å². The van der Waals surface area contributed by atoms with Crippen molar-refractivity contribution in [1.29, 1.82) is 5.26 Å². The maximum absolute atomic E-state index is 12.1. The van der Waals surface area contributed by atoms with Crippen LogP contribution in [0.15, 0.2) is 213 Å². The fourth-order valence-corrected chi connectivity index (χ4v) is 15.4. The lowest BCUT2D eigenvalue weighted by molar-refractivity contribution is -0.124. The van der Waals surface area contributed by atoms with Crippen molar-refractivity contribution in [1.82, 2.24) is 20.0 Å². The van der Waals surface area contributed by atoms with E-state index < -0.39 is 0 Å². The summed E-state index contributed by atoms with van der Waals surface area (Å²) in [5, 5.41) is 56.2. The largest absolute Gasteiger partial charge is 0.515 e. The van der Waals surface area contributed by atoms with Crippen LogP contribution in [-0.2, 0) is 31.1 Å². The fourth-order valence-electron chi connectivity index (χ4n) is 13.7. The lowest BCUT2D eigenvalue weighted by Crippen LogP contribution is -2.64. The van der Waals surface area contributed by atoms with Gasteiger partial charge in [-0.05, 0) is 150 Å². The molecule has 4 fully saturated rings. The molecule has 8 N–H and O–H groups in total. The third-order valence-electron chi connectivity index (χ3n) is 19.1. The van der Waals surface area contributed by atoms with E-state index in [9.17, 15) is 39.8 Å². The minimum absolute atomic E-state index is 0. The third-order valence-corrected chi connectivity index (χ3v) is 20.9. The molecule has 1 aliphatic carbocycles. The Hall–Kier alpha value is -8.97. The zero-order chi connectivity index (χ0) is 73.2. The van der Waals surface area contributed by atoms with Crippen molar-refractivity contribution >= 4 is 109 Å². The zero-order valence-corrected chi connectivity index (χ0v) is 62.7. The van der Waals surface area contributed by atoms with E-state index in [1.165, 1.54) is 51.2 Å². The number of nitrogens with zero attached hydrogens (tertiary/aromatic N) is 6. The number of rotatable bonds is 13. The Morgan fingerprint density at radius 2 is 1.19 bits per heavy atom. The van der Waals surface area contributed by atoms with Crippen LogP contribution in [0.1, 0.15) is 112 Å². The summed E-state index contributed by atoms with van der Waals surface area (Å²) < 4.78 is 0.779. The average molecular weight is 1450 g/mol. The molecule has 2 atom stereocenters. The highest BCUT2D eigenvalue weighted by molar-refractivity contribution is 8.15. The molecular weight excluding hydrogens is 1350 g/mol. The fraction of sp³-hybridized carbons (Fsp3) is 0.349. The van der Waals surface area contributed by atoms with E-state index in [0.717, 1.165) is 154 Å². The van der Waals surface area contributed by atoms with Crippen molar-refractivity contribution in [3.63, 3.8) is 0 Å². The first-order valence-corrected chi connectivity index (χ1v) is 37.2. The van der Waals surface area contributed by atoms with Gasteiger partial charge in [-0.3, -0.25) is 38.5 Å². The van der Waals surface area contributed by atoms with Gasteiger partial charge in [-0.2, -0.15) is 5.26 Å². The number of carbonyl (C=O) groups excluding carboxylic acids is 4. The van der Waals surface area contributed by atoms with Gasteiger partial charge in [0.2, 0.25) is 10.2 Å². The SMILES string of the molecule is CC(=Nc1ccccc1C)C1=C(O)CSC1=O.CC(=Nc1ccccc1O)C1=C(O)CSC1=O.CCCC[N+]1(c2c(C)cccc2C)CCCCC1C(N)=O.Cc1ccccc1N=C1CCC(=O)C1=CO.Cl.N#CC1(c2ccccc2)CCNCC1.c1ccc2c(CN3CCNCC3)cccc2c1. The molecule has 7 aromatic rings. The number of unbranched alkanes of at least 4 members (excludes halogenated alkanes) is 1. The molecule has 0 spiro atoms. The number of nitrogens with two attached hydrogens (primary N) is 1. The molecule has 2 unspecified atom stereocenters. The Bertz CT molecular complexity index is 4200. The molecule has 0 bridgehead atoms. The molecule has 542 valence electrons. The number of piperidine rings is 2. The number of benzene rings is 7. The highest BCUT2D eigenvalue weighted by atomic mass is 35.5. The zero-order valence-electron chi connectivity index (χ0n) is 60.3. The summed E-state index contributed by atoms with van der Waals surface area (Å²) in [7, 11) is 0. The molecule has 5 aliphatic heterocycles. The van der Waals surface area contributed by atoms with Crippen molar-refractivity contribution in [2.45, 2.75) is 124 Å². The number of Topliss-reactive ketones (excluding diaryl/α,β-unsaturated/α-hetero) is 1. The summed E-state index contributed by atoms with van der Waals surface area (Å²) in [4.78, 5) is 62.1. The molecular formula is C83H99ClN9O8S2+. The number of phenolic OH excluding ortho intramolecular Hbond substituents is 1. The van der Waals surface area contributed by atoms with E-state index in [1.807, 2.05) is 80.6 Å². The number of quaternary nitrogens is 1. The predicted molar refractivity (Wildman–Crippen MR) is 427 cm³/mol. The molecule has 0 radical (unpaired) electrons. The van der Waals surface area contributed by atoms with Crippen LogP contribution in [0.3, 0.4) is 0 Å². The van der Waals surface area contributed by atoms with Crippen LogP contribution >= 0.6 is 35.9 Å². The number of phenols is 1. The molecule has 17 nitrogen and oxygen atoms in total. The first-order chi connectivity index (χ1) is 49.2. The van der Waals surface area contributed by atoms with Gasteiger partial charge in [0.25, 0.3) is 5.91 Å². The van der Waals surface area contributed by atoms with Crippen LogP contribution < -0.4 is 20.9 Å². The standard InChI is InChI=1S/C18H28N2O.C15H18N2.C13H13NO2S.C13H13NO2.C12H14N2.C12H11NO3S.ClH/c1-4-5-12-20(13-7-6-11-16(20)18(19)21)17-14(2)9-8-10-15(17)3;1-2-7-15-13(4-1)5-3-6-14(15)12-17-10-8-16-9-11-17;1-8-5-3-4-6-10(8)14-9(2)12-11(15)7-17-13(12)16;1-9-4-2-3-5-11(9)14-12-6-7-13(16)10(12)8-15;13-10-12(6-8-14-9-7-12)11-4-2-1-3-5-11;1-7(11-10(15)6-17-12(11)16)13-8-4-2-3-5-9(8)14;/h8-10,16H,4-7,11-13H2,1-3H3,(H-,19,21);1-7,16H,8-12H2;3-6,15H,7H2,1-2H3;2-5,8,15H,6-7H2,1H3;1-5,14H,6-9H2;2-5,14-15H,6H2,1H3;1H/p+1. The molecule has 103 heavy (non-hydrogen) atoms. The maximum Gasteiger partial charge on any atom is 0.276 e. The number of allylic oxidation sites excluding steroid dienone is 1. The second-order valence-electron chi connectivity index (χ2n) is 26.2. The van der Waals surface area contributed by atoms with E-state index in [-0.39, 0.29) is 68.6 Å². The number of amides is 1. The number of halogens is 1. The van der Waals surface area contributed by atoms with Crippen molar-refractivity contribution in [3.8, 4) is 11.8 Å². The molecule has 0 aromatic heterocycles. The van der Waals surface area contributed by atoms with Crippen LogP contribution in [0, 0.1) is 39.0 Å². The minimum Gasteiger partial charge on any atom is -0.515 e.